The van der Waals surface area contributed by atoms with Gasteiger partial charge in [0, 0.05) is 13.0 Å². The fourth-order valence-corrected chi connectivity index (χ4v) is 1.70. The van der Waals surface area contributed by atoms with Crippen LogP contribution in [0.3, 0.4) is 0 Å². The lowest BCUT2D eigenvalue weighted by atomic mass is 9.98. The molecule has 16 heavy (non-hydrogen) atoms. The van der Waals surface area contributed by atoms with E-state index >= 15 is 0 Å². The van der Waals surface area contributed by atoms with E-state index in [9.17, 15) is 9.59 Å². The summed E-state index contributed by atoms with van der Waals surface area (Å²) in [5, 5.41) is 12.5. The first-order valence-electron chi connectivity index (χ1n) is 4.92. The highest BCUT2D eigenvalue weighted by molar-refractivity contribution is 5.80. The van der Waals surface area contributed by atoms with Crippen molar-refractivity contribution in [2.24, 2.45) is 5.92 Å². The number of hydrogen-bond donors (Lipinski definition) is 1. The molecule has 1 aromatic heterocycles. The van der Waals surface area contributed by atoms with E-state index in [1.165, 1.54) is 11.3 Å². The molecule has 1 fully saturated rings. The van der Waals surface area contributed by atoms with Gasteiger partial charge >= 0.3 is 5.97 Å². The average Bonchev–Trinajstić information content (AvgIpc) is 2.73. The summed E-state index contributed by atoms with van der Waals surface area (Å²) in [6, 6.07) is 0. The fourth-order valence-electron chi connectivity index (χ4n) is 1.70. The molecular formula is C9H11N3O4. The van der Waals surface area contributed by atoms with Gasteiger partial charge in [-0.3, -0.25) is 9.59 Å². The van der Waals surface area contributed by atoms with Gasteiger partial charge in [-0.1, -0.05) is 5.16 Å². The summed E-state index contributed by atoms with van der Waals surface area (Å²) in [5.41, 5.74) is 0. The van der Waals surface area contributed by atoms with Crippen LogP contribution >= 0.6 is 0 Å². The molecule has 7 nitrogen and oxygen atoms in total. The fraction of sp³-hybridized carbons (Fsp3) is 0.556. The van der Waals surface area contributed by atoms with Gasteiger partial charge in [-0.25, -0.2) is 0 Å². The Balaban J connectivity index is 2.01. The Morgan fingerprint density at radius 2 is 2.50 bits per heavy atom. The topological polar surface area (TPSA) is 96.5 Å². The van der Waals surface area contributed by atoms with Gasteiger partial charge in [0.25, 0.3) is 0 Å². The number of carbonyl (C=O) groups excluding carboxylic acids is 1. The maximum atomic E-state index is 11.5. The summed E-state index contributed by atoms with van der Waals surface area (Å²) >= 11 is 0. The average molecular weight is 225 g/mol. The first-order chi connectivity index (χ1) is 7.66. The molecule has 1 aromatic rings. The second-order valence-corrected chi connectivity index (χ2v) is 3.70. The Morgan fingerprint density at radius 1 is 1.69 bits per heavy atom. The van der Waals surface area contributed by atoms with E-state index in [0.717, 1.165) is 0 Å². The largest absolute Gasteiger partial charge is 0.481 e. The van der Waals surface area contributed by atoms with Crippen LogP contribution in [0.25, 0.3) is 0 Å². The molecule has 2 rings (SSSR count). The Kier molecular flexibility index (Phi) is 2.84. The van der Waals surface area contributed by atoms with E-state index in [1.807, 2.05) is 0 Å². The number of aliphatic carboxylic acids is 1. The number of carboxylic acid groups (broad SMARTS) is 1. The molecule has 86 valence electrons. The summed E-state index contributed by atoms with van der Waals surface area (Å²) in [4.78, 5) is 27.6. The van der Waals surface area contributed by atoms with Crippen molar-refractivity contribution in [1.82, 2.24) is 15.0 Å². The number of rotatable bonds is 3. The Bertz CT molecular complexity index is 389. The number of carbonyl (C=O) groups is 2. The minimum atomic E-state index is -0.870. The zero-order valence-corrected chi connectivity index (χ0v) is 8.50. The van der Waals surface area contributed by atoms with E-state index in [4.69, 9.17) is 5.11 Å². The highest BCUT2D eigenvalue weighted by atomic mass is 16.5. The lowest BCUT2D eigenvalue weighted by molar-refractivity contribution is -0.147. The monoisotopic (exact) mass is 225 g/mol. The molecule has 0 saturated carbocycles. The molecule has 1 aliphatic heterocycles. The first-order valence-corrected chi connectivity index (χ1v) is 4.92. The van der Waals surface area contributed by atoms with Crippen LogP contribution in [-0.4, -0.2) is 38.6 Å². The number of piperidine rings is 1. The van der Waals surface area contributed by atoms with Crippen molar-refractivity contribution >= 4 is 11.9 Å². The summed E-state index contributed by atoms with van der Waals surface area (Å²) < 4.78 is 4.55. The smallest absolute Gasteiger partial charge is 0.308 e. The van der Waals surface area contributed by atoms with Crippen LogP contribution in [0.4, 0.5) is 0 Å². The lowest BCUT2D eigenvalue weighted by Crippen LogP contribution is -2.42. The minimum absolute atomic E-state index is 0.0673. The zero-order valence-electron chi connectivity index (χ0n) is 8.50. The number of carboxylic acids is 1. The molecule has 2 heterocycles. The summed E-state index contributed by atoms with van der Waals surface area (Å²) in [7, 11) is 0. The molecule has 7 heteroatoms. The summed E-state index contributed by atoms with van der Waals surface area (Å²) in [6.45, 7) is 0.418. The van der Waals surface area contributed by atoms with Gasteiger partial charge in [-0.05, 0) is 6.42 Å². The molecule has 0 aliphatic carbocycles. The summed E-state index contributed by atoms with van der Waals surface area (Å²) in [5.74, 6) is -1.04. The Labute approximate surface area is 91.0 Å². The molecule has 1 atom stereocenters. The molecule has 0 bridgehead atoms. The molecule has 0 spiro atoms. The second-order valence-electron chi connectivity index (χ2n) is 3.70. The Hall–Kier alpha value is -1.92. The van der Waals surface area contributed by atoms with Gasteiger partial charge in [-0.15, -0.1) is 0 Å². The van der Waals surface area contributed by atoms with Gasteiger partial charge in [0.2, 0.25) is 12.3 Å². The van der Waals surface area contributed by atoms with E-state index in [1.54, 1.807) is 0 Å². The van der Waals surface area contributed by atoms with Crippen LogP contribution in [0.15, 0.2) is 10.9 Å². The predicted molar refractivity (Wildman–Crippen MR) is 50.1 cm³/mol. The molecule has 1 amide bonds. The third kappa shape index (κ3) is 2.18. The number of hydrogen-bond acceptors (Lipinski definition) is 5. The van der Waals surface area contributed by atoms with Gasteiger partial charge in [0.05, 0.1) is 12.5 Å². The number of likely N-dealkylation sites (tertiary alicyclic amines) is 1. The maximum Gasteiger partial charge on any atom is 0.308 e. The SMILES string of the molecule is O=C(O)C1CCC(=O)N(Cc2ncon2)C1. The molecule has 1 saturated heterocycles. The van der Waals surface area contributed by atoms with Crippen LogP contribution in [0.5, 0.6) is 0 Å². The van der Waals surface area contributed by atoms with Gasteiger partial charge in [0.1, 0.15) is 0 Å². The lowest BCUT2D eigenvalue weighted by Gasteiger charge is -2.29. The first kappa shape index (κ1) is 10.6. The highest BCUT2D eigenvalue weighted by Gasteiger charge is 2.30. The molecule has 0 radical (unpaired) electrons. The van der Waals surface area contributed by atoms with E-state index in [2.05, 4.69) is 14.7 Å². The van der Waals surface area contributed by atoms with Crippen LogP contribution in [0.2, 0.25) is 0 Å². The normalized spacial score (nSPS) is 21.1. The maximum absolute atomic E-state index is 11.5. The van der Waals surface area contributed by atoms with Crippen LogP contribution in [0, 0.1) is 5.92 Å². The third-order valence-electron chi connectivity index (χ3n) is 2.59. The van der Waals surface area contributed by atoms with Crippen molar-refractivity contribution in [2.45, 2.75) is 19.4 Å². The number of amides is 1. The van der Waals surface area contributed by atoms with E-state index in [-0.39, 0.29) is 25.4 Å². The Morgan fingerprint density at radius 3 is 3.12 bits per heavy atom. The number of aromatic nitrogens is 2. The zero-order chi connectivity index (χ0) is 11.5. The van der Waals surface area contributed by atoms with Gasteiger partial charge < -0.3 is 14.5 Å². The minimum Gasteiger partial charge on any atom is -0.481 e. The predicted octanol–water partition coefficient (Wildman–Crippen LogP) is -0.107. The van der Waals surface area contributed by atoms with Crippen molar-refractivity contribution in [3.63, 3.8) is 0 Å². The van der Waals surface area contributed by atoms with Crippen LogP contribution in [0.1, 0.15) is 18.7 Å². The molecular weight excluding hydrogens is 214 g/mol. The van der Waals surface area contributed by atoms with E-state index < -0.39 is 11.9 Å². The van der Waals surface area contributed by atoms with E-state index in [0.29, 0.717) is 12.2 Å². The quantitative estimate of drug-likeness (QED) is 0.771. The third-order valence-corrected chi connectivity index (χ3v) is 2.59. The van der Waals surface area contributed by atoms with Gasteiger partial charge in [-0.2, -0.15) is 4.98 Å². The molecule has 1 aliphatic rings. The molecule has 1 unspecified atom stereocenters. The molecule has 0 aromatic carbocycles. The van der Waals surface area contributed by atoms with Crippen molar-refractivity contribution in [3.05, 3.63) is 12.2 Å². The number of nitrogens with zero attached hydrogens (tertiary/aromatic N) is 3. The molecule has 1 N–H and O–H groups in total. The summed E-state index contributed by atoms with van der Waals surface area (Å²) in [6.07, 6.45) is 1.84. The van der Waals surface area contributed by atoms with Crippen molar-refractivity contribution < 1.29 is 19.2 Å². The van der Waals surface area contributed by atoms with Gasteiger partial charge in [0.15, 0.2) is 5.82 Å². The highest BCUT2D eigenvalue weighted by Crippen LogP contribution is 2.18. The van der Waals surface area contributed by atoms with Crippen LogP contribution in [-0.2, 0) is 16.1 Å². The second kappa shape index (κ2) is 4.30. The van der Waals surface area contributed by atoms with Crippen LogP contribution < -0.4 is 0 Å². The standard InChI is InChI=1S/C9H11N3O4/c13-8-2-1-6(9(14)15)3-12(8)4-7-10-5-16-11-7/h5-6H,1-4H2,(H,14,15). The van der Waals surface area contributed by atoms with Crippen molar-refractivity contribution in [1.29, 1.82) is 0 Å². The van der Waals surface area contributed by atoms with Crippen molar-refractivity contribution in [2.75, 3.05) is 6.54 Å². The van der Waals surface area contributed by atoms with Crippen molar-refractivity contribution in [3.8, 4) is 0 Å².